The van der Waals surface area contributed by atoms with Crippen molar-refractivity contribution < 1.29 is 31.1 Å². The Morgan fingerprint density at radius 3 is 2.38 bits per heavy atom. The fraction of sp³-hybridized carbons (Fsp3) is 0.478. The summed E-state index contributed by atoms with van der Waals surface area (Å²) >= 11 is 0. The molecule has 0 radical (unpaired) electrons. The summed E-state index contributed by atoms with van der Waals surface area (Å²) < 4.78 is 79.4. The molecule has 9 heteroatoms. The number of benzene rings is 2. The quantitative estimate of drug-likeness (QED) is 0.595. The Bertz CT molecular complexity index is 1020. The van der Waals surface area contributed by atoms with Crippen molar-refractivity contribution in [2.24, 2.45) is 5.92 Å². The van der Waals surface area contributed by atoms with E-state index in [9.17, 15) is 21.6 Å². The van der Waals surface area contributed by atoms with Gasteiger partial charge in [0.15, 0.2) is 0 Å². The number of halogens is 3. The maximum Gasteiger partial charge on any atom is 0.416 e. The van der Waals surface area contributed by atoms with Gasteiger partial charge < -0.3 is 9.47 Å². The van der Waals surface area contributed by atoms with Gasteiger partial charge in [0.1, 0.15) is 5.75 Å². The van der Waals surface area contributed by atoms with Gasteiger partial charge in [0.05, 0.1) is 23.1 Å². The van der Waals surface area contributed by atoms with E-state index in [2.05, 4.69) is 0 Å². The summed E-state index contributed by atoms with van der Waals surface area (Å²) in [7, 11) is -3.96. The lowest BCUT2D eigenvalue weighted by atomic mass is 9.99. The van der Waals surface area contributed by atoms with Gasteiger partial charge in [-0.2, -0.15) is 17.5 Å². The van der Waals surface area contributed by atoms with Gasteiger partial charge in [-0.25, -0.2) is 8.42 Å². The molecule has 0 bridgehead atoms. The van der Waals surface area contributed by atoms with Crippen molar-refractivity contribution in [2.75, 3.05) is 26.4 Å². The summed E-state index contributed by atoms with van der Waals surface area (Å²) in [6.07, 6.45) is -1.83. The van der Waals surface area contributed by atoms with Crippen LogP contribution in [0.2, 0.25) is 0 Å². The molecule has 0 N–H and O–H groups in total. The van der Waals surface area contributed by atoms with E-state index in [-0.39, 0.29) is 17.0 Å². The van der Waals surface area contributed by atoms with Crippen molar-refractivity contribution in [2.45, 2.75) is 42.8 Å². The van der Waals surface area contributed by atoms with E-state index in [1.807, 2.05) is 0 Å². The average Bonchev–Trinajstić information content (AvgIpc) is 3.29. The Labute approximate surface area is 186 Å². The second-order valence-corrected chi connectivity index (χ2v) is 10.1. The van der Waals surface area contributed by atoms with Crippen molar-refractivity contribution >= 4 is 10.0 Å². The van der Waals surface area contributed by atoms with Gasteiger partial charge in [0.2, 0.25) is 10.0 Å². The van der Waals surface area contributed by atoms with Crippen LogP contribution >= 0.6 is 0 Å². The third-order valence-electron chi connectivity index (χ3n) is 6.09. The lowest BCUT2D eigenvalue weighted by Gasteiger charge is -2.27. The molecule has 4 rings (SSSR count). The number of nitrogens with zero attached hydrogens (tertiary/aromatic N) is 1. The molecule has 2 aromatic rings. The zero-order valence-electron chi connectivity index (χ0n) is 17.6. The first-order chi connectivity index (χ1) is 15.3. The van der Waals surface area contributed by atoms with Crippen LogP contribution < -0.4 is 4.74 Å². The molecular weight excluding hydrogens is 443 g/mol. The normalized spacial score (nSPS) is 21.0. The SMILES string of the molecule is O=S(=O)(c1ccc(OCC2CCOCC2)cc1)N1CCCC1c1ccccc1C(F)(F)F. The third kappa shape index (κ3) is 4.94. The summed E-state index contributed by atoms with van der Waals surface area (Å²) in [6.45, 7) is 2.17. The molecule has 0 spiro atoms. The fourth-order valence-corrected chi connectivity index (χ4v) is 6.03. The summed E-state index contributed by atoms with van der Waals surface area (Å²) in [5, 5.41) is 0. The van der Waals surface area contributed by atoms with Crippen molar-refractivity contribution in [3.8, 4) is 5.75 Å². The van der Waals surface area contributed by atoms with Crippen LogP contribution in [0.4, 0.5) is 13.2 Å². The zero-order valence-corrected chi connectivity index (χ0v) is 18.4. The van der Waals surface area contributed by atoms with Crippen LogP contribution in [0, 0.1) is 5.92 Å². The molecule has 2 aromatic carbocycles. The van der Waals surface area contributed by atoms with E-state index in [1.165, 1.54) is 34.6 Å². The molecule has 2 fully saturated rings. The zero-order chi connectivity index (χ0) is 22.8. The molecule has 2 aliphatic heterocycles. The van der Waals surface area contributed by atoms with Gasteiger partial charge in [-0.15, -0.1) is 0 Å². The number of alkyl halides is 3. The minimum atomic E-state index is -4.54. The molecule has 0 saturated carbocycles. The van der Waals surface area contributed by atoms with E-state index in [4.69, 9.17) is 9.47 Å². The first-order valence-corrected chi connectivity index (χ1v) is 12.2. The molecule has 1 atom stereocenters. The van der Waals surface area contributed by atoms with E-state index < -0.39 is 27.8 Å². The molecule has 1 unspecified atom stereocenters. The smallest absolute Gasteiger partial charge is 0.416 e. The number of rotatable bonds is 6. The van der Waals surface area contributed by atoms with E-state index in [0.29, 0.717) is 31.1 Å². The van der Waals surface area contributed by atoms with Gasteiger partial charge >= 0.3 is 6.18 Å². The van der Waals surface area contributed by atoms with Crippen LogP contribution in [0.1, 0.15) is 42.9 Å². The summed E-state index contributed by atoms with van der Waals surface area (Å²) in [6, 6.07) is 10.5. The topological polar surface area (TPSA) is 55.8 Å². The second kappa shape index (κ2) is 9.41. The highest BCUT2D eigenvalue weighted by Gasteiger charge is 2.41. The fourth-order valence-electron chi connectivity index (χ4n) is 4.35. The Kier molecular flexibility index (Phi) is 6.78. The third-order valence-corrected chi connectivity index (χ3v) is 8.01. The van der Waals surface area contributed by atoms with E-state index in [1.54, 1.807) is 12.1 Å². The van der Waals surface area contributed by atoms with Crippen molar-refractivity contribution in [3.63, 3.8) is 0 Å². The van der Waals surface area contributed by atoms with Gasteiger partial charge in [0.25, 0.3) is 0 Å². The predicted octanol–water partition coefficient (Wildman–Crippen LogP) is 5.04. The molecular formula is C23H26F3NO4S. The minimum absolute atomic E-state index is 0.00232. The molecule has 2 heterocycles. The first-order valence-electron chi connectivity index (χ1n) is 10.8. The Morgan fingerprint density at radius 2 is 1.69 bits per heavy atom. The number of hydrogen-bond donors (Lipinski definition) is 0. The van der Waals surface area contributed by atoms with E-state index >= 15 is 0 Å². The summed E-state index contributed by atoms with van der Waals surface area (Å²) in [5.41, 5.74) is -0.790. The lowest BCUT2D eigenvalue weighted by molar-refractivity contribution is -0.138. The van der Waals surface area contributed by atoms with Gasteiger partial charge in [-0.3, -0.25) is 0 Å². The highest BCUT2D eigenvalue weighted by Crippen LogP contribution is 2.42. The number of ether oxygens (including phenoxy) is 2. The van der Waals surface area contributed by atoms with Crippen LogP contribution in [0.25, 0.3) is 0 Å². The molecule has 0 aliphatic carbocycles. The van der Waals surface area contributed by atoms with Crippen molar-refractivity contribution in [1.29, 1.82) is 0 Å². The van der Waals surface area contributed by atoms with Crippen LogP contribution in [-0.4, -0.2) is 39.1 Å². The Morgan fingerprint density at radius 1 is 1.00 bits per heavy atom. The highest BCUT2D eigenvalue weighted by molar-refractivity contribution is 7.89. The maximum absolute atomic E-state index is 13.5. The maximum atomic E-state index is 13.5. The second-order valence-electron chi connectivity index (χ2n) is 8.20. The minimum Gasteiger partial charge on any atom is -0.493 e. The number of hydrogen-bond acceptors (Lipinski definition) is 4. The number of sulfonamides is 1. The van der Waals surface area contributed by atoms with Crippen molar-refractivity contribution in [3.05, 3.63) is 59.7 Å². The highest BCUT2D eigenvalue weighted by atomic mass is 32.2. The lowest BCUT2D eigenvalue weighted by Crippen LogP contribution is -2.31. The molecule has 0 aromatic heterocycles. The Balaban J connectivity index is 1.51. The van der Waals surface area contributed by atoms with Crippen LogP contribution in [0.15, 0.2) is 53.4 Å². The molecule has 174 valence electrons. The average molecular weight is 470 g/mol. The van der Waals surface area contributed by atoms with Crippen LogP contribution in [-0.2, 0) is 20.9 Å². The van der Waals surface area contributed by atoms with Crippen LogP contribution in [0.5, 0.6) is 5.75 Å². The Hall–Kier alpha value is -2.10. The van der Waals surface area contributed by atoms with Crippen molar-refractivity contribution in [1.82, 2.24) is 4.31 Å². The van der Waals surface area contributed by atoms with Gasteiger partial charge in [0, 0.05) is 19.8 Å². The predicted molar refractivity (Wildman–Crippen MR) is 113 cm³/mol. The molecule has 32 heavy (non-hydrogen) atoms. The van der Waals surface area contributed by atoms with Crippen LogP contribution in [0.3, 0.4) is 0 Å². The molecule has 2 saturated heterocycles. The summed E-state index contributed by atoms with van der Waals surface area (Å²) in [4.78, 5) is 0.0484. The standard InChI is InChI=1S/C23H26F3NO4S/c24-23(25,26)21-5-2-1-4-20(21)22-6-3-13-27(22)32(28,29)19-9-7-18(8-10-19)31-16-17-11-14-30-15-12-17/h1-2,4-5,7-10,17,22H,3,6,11-16H2. The monoisotopic (exact) mass is 469 g/mol. The molecule has 0 amide bonds. The molecule has 5 nitrogen and oxygen atoms in total. The largest absolute Gasteiger partial charge is 0.493 e. The molecule has 2 aliphatic rings. The summed E-state index contributed by atoms with van der Waals surface area (Å²) in [5.74, 6) is 0.974. The van der Waals surface area contributed by atoms with Gasteiger partial charge in [-0.1, -0.05) is 18.2 Å². The van der Waals surface area contributed by atoms with Gasteiger partial charge in [-0.05, 0) is 67.5 Å². The van der Waals surface area contributed by atoms with E-state index in [0.717, 1.165) is 32.1 Å². The first kappa shape index (κ1) is 23.1.